The third kappa shape index (κ3) is 5.34. The van der Waals surface area contributed by atoms with Gasteiger partial charge in [0.2, 0.25) is 0 Å². The summed E-state index contributed by atoms with van der Waals surface area (Å²) in [6, 6.07) is 13.0. The van der Waals surface area contributed by atoms with Gasteiger partial charge in [0.25, 0.3) is 10.2 Å². The minimum absolute atomic E-state index is 0.233. The van der Waals surface area contributed by atoms with Gasteiger partial charge in [-0.15, -0.1) is 0 Å². The molecule has 0 aliphatic rings. The fraction of sp³-hybridized carbons (Fsp3) is 0.267. The highest BCUT2D eigenvalue weighted by Crippen LogP contribution is 2.11. The summed E-state index contributed by atoms with van der Waals surface area (Å²) >= 11 is 0. The van der Waals surface area contributed by atoms with E-state index in [1.807, 2.05) is 44.2 Å². The summed E-state index contributed by atoms with van der Waals surface area (Å²) < 4.78 is 28.9. The number of rotatable bonds is 7. The third-order valence-corrected chi connectivity index (χ3v) is 3.79. The van der Waals surface area contributed by atoms with Crippen molar-refractivity contribution in [3.05, 3.63) is 54.2 Å². The maximum atomic E-state index is 12.0. The predicted molar refractivity (Wildman–Crippen MR) is 88.8 cm³/mol. The summed E-state index contributed by atoms with van der Waals surface area (Å²) in [4.78, 5) is 4.16. The molecule has 0 fully saturated rings. The van der Waals surface area contributed by atoms with Crippen molar-refractivity contribution in [1.82, 2.24) is 9.71 Å². The fourth-order valence-electron chi connectivity index (χ4n) is 1.80. The van der Waals surface area contributed by atoms with Crippen LogP contribution in [0.5, 0.6) is 0 Å². The first-order chi connectivity index (χ1) is 10.4. The van der Waals surface area contributed by atoms with Crippen LogP contribution < -0.4 is 14.8 Å². The molecule has 2 aromatic rings. The van der Waals surface area contributed by atoms with E-state index in [2.05, 4.69) is 19.7 Å². The second-order valence-electron chi connectivity index (χ2n) is 5.14. The predicted octanol–water partition coefficient (Wildman–Crippen LogP) is 2.35. The molecule has 0 spiro atoms. The van der Waals surface area contributed by atoms with Gasteiger partial charge in [0.05, 0.1) is 11.9 Å². The van der Waals surface area contributed by atoms with E-state index >= 15 is 0 Å². The van der Waals surface area contributed by atoms with Gasteiger partial charge in [-0.05, 0) is 31.5 Å². The topological polar surface area (TPSA) is 83.1 Å². The Morgan fingerprint density at radius 1 is 1.09 bits per heavy atom. The Kier molecular flexibility index (Phi) is 5.35. The van der Waals surface area contributed by atoms with Gasteiger partial charge < -0.3 is 5.32 Å². The van der Waals surface area contributed by atoms with Crippen LogP contribution in [0.15, 0.2) is 48.7 Å². The minimum Gasteiger partial charge on any atom is -0.368 e. The standard InChI is InChI=1S/C15H20N4O2S/c1-12(2)18-15-9-8-14(11-16-15)19-22(20,21)17-10-13-6-4-3-5-7-13/h3-9,11-12,17,19H,10H2,1-2H3,(H,16,18). The fourth-order valence-corrected chi connectivity index (χ4v) is 2.66. The molecule has 3 N–H and O–H groups in total. The van der Waals surface area contributed by atoms with Gasteiger partial charge in [-0.2, -0.15) is 13.1 Å². The minimum atomic E-state index is -3.63. The number of hydrogen-bond acceptors (Lipinski definition) is 4. The number of hydrogen-bond donors (Lipinski definition) is 3. The molecule has 0 saturated carbocycles. The Balaban J connectivity index is 1.93. The van der Waals surface area contributed by atoms with Crippen molar-refractivity contribution in [3.8, 4) is 0 Å². The summed E-state index contributed by atoms with van der Waals surface area (Å²) in [6.45, 7) is 4.24. The molecule has 1 aromatic carbocycles. The van der Waals surface area contributed by atoms with Crippen LogP contribution in [0, 0.1) is 0 Å². The molecule has 0 saturated heterocycles. The summed E-state index contributed by atoms with van der Waals surface area (Å²) in [7, 11) is -3.63. The Bertz CT molecular complexity index is 685. The monoisotopic (exact) mass is 320 g/mol. The highest BCUT2D eigenvalue weighted by molar-refractivity contribution is 7.90. The van der Waals surface area contributed by atoms with Gasteiger partial charge in [0.1, 0.15) is 5.82 Å². The van der Waals surface area contributed by atoms with Crippen LogP contribution in [0.3, 0.4) is 0 Å². The van der Waals surface area contributed by atoms with Crippen LogP contribution in [0.4, 0.5) is 11.5 Å². The van der Waals surface area contributed by atoms with Crippen molar-refractivity contribution in [3.63, 3.8) is 0 Å². The van der Waals surface area contributed by atoms with Crippen LogP contribution in [0.25, 0.3) is 0 Å². The lowest BCUT2D eigenvalue weighted by Gasteiger charge is -2.11. The van der Waals surface area contributed by atoms with Gasteiger partial charge in [-0.3, -0.25) is 4.72 Å². The SMILES string of the molecule is CC(C)Nc1ccc(NS(=O)(=O)NCc2ccccc2)cn1. The quantitative estimate of drug-likeness (QED) is 0.731. The lowest BCUT2D eigenvalue weighted by Crippen LogP contribution is -2.29. The Morgan fingerprint density at radius 3 is 2.41 bits per heavy atom. The summed E-state index contributed by atoms with van der Waals surface area (Å²) in [5.74, 6) is 0.704. The zero-order valence-electron chi connectivity index (χ0n) is 12.6. The van der Waals surface area contributed by atoms with Crippen molar-refractivity contribution in [2.45, 2.75) is 26.4 Å². The Labute approximate surface area is 131 Å². The molecule has 0 radical (unpaired) electrons. The largest absolute Gasteiger partial charge is 0.368 e. The van der Waals surface area contributed by atoms with Gasteiger partial charge in [0.15, 0.2) is 0 Å². The molecule has 6 nitrogen and oxygen atoms in total. The number of benzene rings is 1. The molecular weight excluding hydrogens is 300 g/mol. The number of pyridine rings is 1. The number of nitrogens with zero attached hydrogens (tertiary/aromatic N) is 1. The van der Waals surface area contributed by atoms with Crippen LogP contribution >= 0.6 is 0 Å². The lowest BCUT2D eigenvalue weighted by atomic mass is 10.2. The van der Waals surface area contributed by atoms with Crippen LogP contribution in [-0.4, -0.2) is 19.4 Å². The normalized spacial score (nSPS) is 11.4. The van der Waals surface area contributed by atoms with E-state index in [0.29, 0.717) is 11.5 Å². The molecule has 0 atom stereocenters. The highest BCUT2D eigenvalue weighted by atomic mass is 32.2. The van der Waals surface area contributed by atoms with E-state index in [4.69, 9.17) is 0 Å². The molecule has 0 aliphatic carbocycles. The number of nitrogens with one attached hydrogen (secondary N) is 3. The average Bonchev–Trinajstić information content (AvgIpc) is 2.48. The molecule has 1 heterocycles. The van der Waals surface area contributed by atoms with Gasteiger partial charge in [-0.1, -0.05) is 30.3 Å². The van der Waals surface area contributed by atoms with Crippen molar-refractivity contribution in [2.24, 2.45) is 0 Å². The zero-order chi connectivity index (χ0) is 16.0. The molecule has 7 heteroatoms. The first-order valence-corrected chi connectivity index (χ1v) is 8.47. The van der Waals surface area contributed by atoms with E-state index in [1.54, 1.807) is 12.1 Å². The molecule has 0 bridgehead atoms. The molecule has 2 rings (SSSR count). The molecule has 22 heavy (non-hydrogen) atoms. The molecule has 118 valence electrons. The summed E-state index contributed by atoms with van der Waals surface area (Å²) in [6.07, 6.45) is 1.48. The zero-order valence-corrected chi connectivity index (χ0v) is 13.4. The maximum absolute atomic E-state index is 12.0. The van der Waals surface area contributed by atoms with Crippen LogP contribution in [0.2, 0.25) is 0 Å². The van der Waals surface area contributed by atoms with Gasteiger partial charge >= 0.3 is 0 Å². The molecule has 1 aromatic heterocycles. The van der Waals surface area contributed by atoms with E-state index in [0.717, 1.165) is 5.56 Å². The first-order valence-electron chi connectivity index (χ1n) is 6.98. The Morgan fingerprint density at radius 2 is 1.82 bits per heavy atom. The van der Waals surface area contributed by atoms with Gasteiger partial charge in [-0.25, -0.2) is 4.98 Å². The van der Waals surface area contributed by atoms with Crippen molar-refractivity contribution in [2.75, 3.05) is 10.0 Å². The van der Waals surface area contributed by atoms with Crippen LogP contribution in [0.1, 0.15) is 19.4 Å². The maximum Gasteiger partial charge on any atom is 0.299 e. The van der Waals surface area contributed by atoms with Crippen molar-refractivity contribution < 1.29 is 8.42 Å². The highest BCUT2D eigenvalue weighted by Gasteiger charge is 2.09. The van der Waals surface area contributed by atoms with E-state index in [9.17, 15) is 8.42 Å². The molecule has 0 aliphatic heterocycles. The van der Waals surface area contributed by atoms with E-state index in [1.165, 1.54) is 6.20 Å². The molecule has 0 unspecified atom stereocenters. The van der Waals surface area contributed by atoms with E-state index in [-0.39, 0.29) is 12.6 Å². The smallest absolute Gasteiger partial charge is 0.299 e. The molecule has 0 amide bonds. The van der Waals surface area contributed by atoms with Gasteiger partial charge in [0, 0.05) is 12.6 Å². The van der Waals surface area contributed by atoms with E-state index < -0.39 is 10.2 Å². The number of aromatic nitrogens is 1. The third-order valence-electron chi connectivity index (χ3n) is 2.76. The summed E-state index contributed by atoms with van der Waals surface area (Å²) in [5, 5.41) is 3.14. The molecular formula is C15H20N4O2S. The first kappa shape index (κ1) is 16.3. The average molecular weight is 320 g/mol. The van der Waals surface area contributed by atoms with Crippen molar-refractivity contribution >= 4 is 21.7 Å². The number of anilines is 2. The second-order valence-corrected chi connectivity index (χ2v) is 6.64. The van der Waals surface area contributed by atoms with Crippen molar-refractivity contribution in [1.29, 1.82) is 0 Å². The summed E-state index contributed by atoms with van der Waals surface area (Å²) in [5.41, 5.74) is 1.30. The Hall–Kier alpha value is -2.12. The lowest BCUT2D eigenvalue weighted by molar-refractivity contribution is 0.587. The van der Waals surface area contributed by atoms with Crippen LogP contribution in [-0.2, 0) is 16.8 Å². The second kappa shape index (κ2) is 7.24.